The number of fused-ring (bicyclic) bond motifs is 1. The largest absolute Gasteiger partial charge is 0.349 e. The minimum absolute atomic E-state index is 0.0232. The number of hydrogen-bond acceptors (Lipinski definition) is 2. The number of nitrogens with one attached hydrogen (secondary N) is 2. The van der Waals surface area contributed by atoms with Crippen LogP contribution in [0.2, 0.25) is 0 Å². The lowest BCUT2D eigenvalue weighted by Gasteiger charge is -2.08. The minimum atomic E-state index is -0.479. The fraction of sp³-hybridized carbons (Fsp3) is 0.231. The van der Waals surface area contributed by atoms with E-state index in [1.807, 2.05) is 13.8 Å². The van der Waals surface area contributed by atoms with Crippen LogP contribution in [-0.2, 0) is 0 Å². The highest BCUT2D eigenvalue weighted by Crippen LogP contribution is 2.12. The highest BCUT2D eigenvalue weighted by molar-refractivity contribution is 5.96. The van der Waals surface area contributed by atoms with Gasteiger partial charge in [-0.15, -0.1) is 0 Å². The Bertz CT molecular complexity index is 662. The van der Waals surface area contributed by atoms with Crippen molar-refractivity contribution in [3.05, 3.63) is 46.1 Å². The number of aromatic nitrogens is 1. The lowest BCUT2D eigenvalue weighted by Crippen LogP contribution is -2.32. The molecule has 94 valence electrons. The molecule has 0 bridgehead atoms. The maximum atomic E-state index is 13.0. The standard InChI is InChI=1S/C13H13FN2O2/c1-7(2)15-13(18)11-5-8-3-4-9(14)6-10(8)12(17)16-11/h3-7H,1-2H3,(H,15,18)(H,16,17). The number of H-pyrrole nitrogens is 1. The van der Waals surface area contributed by atoms with Crippen molar-refractivity contribution in [2.45, 2.75) is 19.9 Å². The molecule has 0 saturated carbocycles. The van der Waals surface area contributed by atoms with Crippen LogP contribution >= 0.6 is 0 Å². The number of pyridine rings is 1. The summed E-state index contributed by atoms with van der Waals surface area (Å²) in [6, 6.07) is 5.40. The van der Waals surface area contributed by atoms with E-state index in [4.69, 9.17) is 0 Å². The van der Waals surface area contributed by atoms with Crippen molar-refractivity contribution in [1.82, 2.24) is 10.3 Å². The maximum absolute atomic E-state index is 13.0. The lowest BCUT2D eigenvalue weighted by molar-refractivity contribution is 0.0938. The molecule has 0 aliphatic heterocycles. The highest BCUT2D eigenvalue weighted by Gasteiger charge is 2.10. The molecule has 0 saturated heterocycles. The topological polar surface area (TPSA) is 62.0 Å². The van der Waals surface area contributed by atoms with Gasteiger partial charge in [0.15, 0.2) is 0 Å². The number of amides is 1. The summed E-state index contributed by atoms with van der Waals surface area (Å²) in [6.45, 7) is 3.65. The number of benzene rings is 1. The molecule has 4 nitrogen and oxygen atoms in total. The molecule has 1 aromatic heterocycles. The molecule has 0 atom stereocenters. The third-order valence-electron chi connectivity index (χ3n) is 2.47. The number of carbonyl (C=O) groups excluding carboxylic acids is 1. The van der Waals surface area contributed by atoms with Crippen molar-refractivity contribution in [2.24, 2.45) is 0 Å². The zero-order chi connectivity index (χ0) is 13.3. The first-order chi connectivity index (χ1) is 8.47. The van der Waals surface area contributed by atoms with Crippen molar-refractivity contribution in [1.29, 1.82) is 0 Å². The Kier molecular flexibility index (Phi) is 3.14. The molecule has 18 heavy (non-hydrogen) atoms. The maximum Gasteiger partial charge on any atom is 0.268 e. The van der Waals surface area contributed by atoms with E-state index in [1.165, 1.54) is 18.2 Å². The van der Waals surface area contributed by atoms with Gasteiger partial charge in [-0.3, -0.25) is 9.59 Å². The van der Waals surface area contributed by atoms with Crippen molar-refractivity contribution < 1.29 is 9.18 Å². The zero-order valence-electron chi connectivity index (χ0n) is 10.1. The Morgan fingerprint density at radius 3 is 2.72 bits per heavy atom. The second kappa shape index (κ2) is 4.60. The van der Waals surface area contributed by atoms with Crippen molar-refractivity contribution in [3.8, 4) is 0 Å². The minimum Gasteiger partial charge on any atom is -0.349 e. The molecule has 0 spiro atoms. The van der Waals surface area contributed by atoms with Crippen LogP contribution in [0.1, 0.15) is 24.3 Å². The van der Waals surface area contributed by atoms with Gasteiger partial charge in [-0.25, -0.2) is 4.39 Å². The van der Waals surface area contributed by atoms with Gasteiger partial charge in [0.05, 0.1) is 0 Å². The third-order valence-corrected chi connectivity index (χ3v) is 2.47. The third kappa shape index (κ3) is 2.40. The molecule has 2 N–H and O–H groups in total. The predicted octanol–water partition coefficient (Wildman–Crippen LogP) is 1.81. The van der Waals surface area contributed by atoms with E-state index >= 15 is 0 Å². The van der Waals surface area contributed by atoms with Crippen molar-refractivity contribution >= 4 is 16.7 Å². The number of carbonyl (C=O) groups is 1. The van der Waals surface area contributed by atoms with E-state index < -0.39 is 11.4 Å². The molecule has 0 fully saturated rings. The van der Waals surface area contributed by atoms with Gasteiger partial charge in [-0.05, 0) is 37.4 Å². The molecule has 0 aliphatic carbocycles. The molecule has 0 unspecified atom stereocenters. The van der Waals surface area contributed by atoms with Crippen LogP contribution < -0.4 is 10.9 Å². The van der Waals surface area contributed by atoms with Gasteiger partial charge >= 0.3 is 0 Å². The molecule has 1 aromatic carbocycles. The molecule has 2 rings (SSSR count). The summed E-state index contributed by atoms with van der Waals surface area (Å²) in [6.07, 6.45) is 0. The molecule has 0 radical (unpaired) electrons. The second-order valence-corrected chi connectivity index (χ2v) is 4.37. The molecule has 5 heteroatoms. The van der Waals surface area contributed by atoms with E-state index in [0.717, 1.165) is 6.07 Å². The molecular weight excluding hydrogens is 235 g/mol. The Morgan fingerprint density at radius 1 is 1.33 bits per heavy atom. The van der Waals surface area contributed by atoms with Gasteiger partial charge in [0.2, 0.25) is 0 Å². The normalized spacial score (nSPS) is 10.9. The fourth-order valence-corrected chi connectivity index (χ4v) is 1.69. The number of halogens is 1. The highest BCUT2D eigenvalue weighted by atomic mass is 19.1. The monoisotopic (exact) mass is 248 g/mol. The Morgan fingerprint density at radius 2 is 2.06 bits per heavy atom. The first-order valence-electron chi connectivity index (χ1n) is 5.61. The predicted molar refractivity (Wildman–Crippen MR) is 67.1 cm³/mol. The lowest BCUT2D eigenvalue weighted by atomic mass is 10.1. The average molecular weight is 248 g/mol. The first kappa shape index (κ1) is 12.3. The summed E-state index contributed by atoms with van der Waals surface area (Å²) in [5.41, 5.74) is -0.297. The number of rotatable bonds is 2. The van der Waals surface area contributed by atoms with Crippen LogP contribution in [0.4, 0.5) is 4.39 Å². The van der Waals surface area contributed by atoms with Crippen LogP contribution in [0.15, 0.2) is 29.1 Å². The van der Waals surface area contributed by atoms with E-state index in [2.05, 4.69) is 10.3 Å². The quantitative estimate of drug-likeness (QED) is 0.851. The van der Waals surface area contributed by atoms with Crippen LogP contribution in [0.25, 0.3) is 10.8 Å². The molecule has 1 heterocycles. The van der Waals surface area contributed by atoms with Gasteiger partial charge in [0.1, 0.15) is 11.5 Å². The van der Waals surface area contributed by atoms with Crippen LogP contribution in [0.3, 0.4) is 0 Å². The van der Waals surface area contributed by atoms with E-state index in [-0.39, 0.29) is 23.0 Å². The van der Waals surface area contributed by atoms with Gasteiger partial charge in [0, 0.05) is 11.4 Å². The summed E-state index contributed by atoms with van der Waals surface area (Å²) in [4.78, 5) is 26.0. The summed E-state index contributed by atoms with van der Waals surface area (Å²) >= 11 is 0. The van der Waals surface area contributed by atoms with Crippen molar-refractivity contribution in [3.63, 3.8) is 0 Å². The van der Waals surface area contributed by atoms with E-state index in [1.54, 1.807) is 0 Å². The van der Waals surface area contributed by atoms with Crippen LogP contribution in [0, 0.1) is 5.82 Å². The summed E-state index contributed by atoms with van der Waals surface area (Å²) < 4.78 is 13.0. The fourth-order valence-electron chi connectivity index (χ4n) is 1.69. The molecule has 2 aromatic rings. The average Bonchev–Trinajstić information content (AvgIpc) is 2.29. The SMILES string of the molecule is CC(C)NC(=O)c1cc2ccc(F)cc2c(=O)[nH]1. The smallest absolute Gasteiger partial charge is 0.268 e. The number of aromatic amines is 1. The zero-order valence-corrected chi connectivity index (χ0v) is 10.1. The van der Waals surface area contributed by atoms with Crippen LogP contribution in [0.5, 0.6) is 0 Å². The molecule has 0 aliphatic rings. The van der Waals surface area contributed by atoms with Crippen molar-refractivity contribution in [2.75, 3.05) is 0 Å². The number of hydrogen-bond donors (Lipinski definition) is 2. The Balaban J connectivity index is 2.53. The van der Waals surface area contributed by atoms with E-state index in [9.17, 15) is 14.0 Å². The summed E-state index contributed by atoms with van der Waals surface area (Å²) in [7, 11) is 0. The summed E-state index contributed by atoms with van der Waals surface area (Å²) in [5.74, 6) is -0.833. The summed E-state index contributed by atoms with van der Waals surface area (Å²) in [5, 5.41) is 3.45. The Labute approximate surface area is 103 Å². The Hall–Kier alpha value is -2.17. The first-order valence-corrected chi connectivity index (χ1v) is 5.61. The van der Waals surface area contributed by atoms with Gasteiger partial charge < -0.3 is 10.3 Å². The molecular formula is C13H13FN2O2. The van der Waals surface area contributed by atoms with E-state index in [0.29, 0.717) is 5.39 Å². The van der Waals surface area contributed by atoms with Gasteiger partial charge in [-0.1, -0.05) is 6.07 Å². The molecule has 1 amide bonds. The second-order valence-electron chi connectivity index (χ2n) is 4.37. The van der Waals surface area contributed by atoms with Crippen LogP contribution in [-0.4, -0.2) is 16.9 Å². The van der Waals surface area contributed by atoms with Gasteiger partial charge in [0.25, 0.3) is 11.5 Å². The van der Waals surface area contributed by atoms with Gasteiger partial charge in [-0.2, -0.15) is 0 Å².